The van der Waals surface area contributed by atoms with Gasteiger partial charge in [-0.05, 0) is 55.8 Å². The SMILES string of the molecule is Cc1cccc(Sc2ccc(F)cc2CCN)c1. The number of aryl methyl sites for hydroxylation is 1. The zero-order chi connectivity index (χ0) is 13.0. The summed E-state index contributed by atoms with van der Waals surface area (Å²) in [5.41, 5.74) is 7.77. The molecule has 2 N–H and O–H groups in total. The number of rotatable bonds is 4. The highest BCUT2D eigenvalue weighted by Gasteiger charge is 2.05. The van der Waals surface area contributed by atoms with Crippen LogP contribution < -0.4 is 5.73 Å². The van der Waals surface area contributed by atoms with Gasteiger partial charge in [-0.25, -0.2) is 4.39 Å². The molecule has 0 aliphatic rings. The molecule has 0 aliphatic carbocycles. The molecule has 1 nitrogen and oxygen atoms in total. The molecule has 0 bridgehead atoms. The molecule has 2 rings (SSSR count). The quantitative estimate of drug-likeness (QED) is 0.906. The van der Waals surface area contributed by atoms with E-state index in [-0.39, 0.29) is 5.82 Å². The lowest BCUT2D eigenvalue weighted by Crippen LogP contribution is -2.04. The summed E-state index contributed by atoms with van der Waals surface area (Å²) in [7, 11) is 0. The van der Waals surface area contributed by atoms with Crippen LogP contribution in [0, 0.1) is 12.7 Å². The Hall–Kier alpha value is -1.32. The second-order valence-electron chi connectivity index (χ2n) is 4.21. The maximum Gasteiger partial charge on any atom is 0.123 e. The zero-order valence-electron chi connectivity index (χ0n) is 10.3. The summed E-state index contributed by atoms with van der Waals surface area (Å²) in [6.07, 6.45) is 0.700. The fourth-order valence-electron chi connectivity index (χ4n) is 1.80. The van der Waals surface area contributed by atoms with E-state index in [0.29, 0.717) is 13.0 Å². The van der Waals surface area contributed by atoms with Gasteiger partial charge in [0.05, 0.1) is 0 Å². The van der Waals surface area contributed by atoms with Gasteiger partial charge >= 0.3 is 0 Å². The maximum atomic E-state index is 13.2. The first-order chi connectivity index (χ1) is 8.69. The first-order valence-electron chi connectivity index (χ1n) is 5.92. The summed E-state index contributed by atoms with van der Waals surface area (Å²) in [5, 5.41) is 0. The molecule has 0 fully saturated rings. The van der Waals surface area contributed by atoms with Crippen molar-refractivity contribution >= 4 is 11.8 Å². The number of nitrogens with two attached hydrogens (primary N) is 1. The van der Waals surface area contributed by atoms with E-state index < -0.39 is 0 Å². The first kappa shape index (κ1) is 13.1. The number of halogens is 1. The van der Waals surface area contributed by atoms with Crippen LogP contribution in [-0.4, -0.2) is 6.54 Å². The van der Waals surface area contributed by atoms with Gasteiger partial charge in [0.25, 0.3) is 0 Å². The van der Waals surface area contributed by atoms with Gasteiger partial charge in [-0.3, -0.25) is 0 Å². The van der Waals surface area contributed by atoms with E-state index in [1.807, 2.05) is 12.1 Å². The second kappa shape index (κ2) is 6.03. The minimum absolute atomic E-state index is 0.202. The van der Waals surface area contributed by atoms with Crippen LogP contribution in [0.2, 0.25) is 0 Å². The molecule has 0 aliphatic heterocycles. The lowest BCUT2D eigenvalue weighted by Gasteiger charge is -2.09. The van der Waals surface area contributed by atoms with Crippen molar-refractivity contribution in [3.63, 3.8) is 0 Å². The molecular formula is C15H16FNS. The molecule has 0 saturated carbocycles. The predicted octanol–water partition coefficient (Wildman–Crippen LogP) is 3.79. The van der Waals surface area contributed by atoms with Crippen molar-refractivity contribution in [2.45, 2.75) is 23.1 Å². The first-order valence-corrected chi connectivity index (χ1v) is 6.73. The summed E-state index contributed by atoms with van der Waals surface area (Å²) < 4.78 is 13.2. The molecule has 2 aromatic rings. The van der Waals surface area contributed by atoms with E-state index in [0.717, 1.165) is 10.5 Å². The average molecular weight is 261 g/mol. The van der Waals surface area contributed by atoms with E-state index in [4.69, 9.17) is 5.73 Å². The molecule has 0 saturated heterocycles. The van der Waals surface area contributed by atoms with Crippen LogP contribution in [0.3, 0.4) is 0 Å². The third-order valence-electron chi connectivity index (χ3n) is 2.65. The molecule has 0 radical (unpaired) electrons. The fourth-order valence-corrected chi connectivity index (χ4v) is 2.88. The van der Waals surface area contributed by atoms with Crippen molar-refractivity contribution in [1.29, 1.82) is 0 Å². The Morgan fingerprint density at radius 2 is 2.00 bits per heavy atom. The van der Waals surface area contributed by atoms with E-state index in [9.17, 15) is 4.39 Å². The highest BCUT2D eigenvalue weighted by Crippen LogP contribution is 2.31. The van der Waals surface area contributed by atoms with E-state index >= 15 is 0 Å². The Balaban J connectivity index is 2.28. The topological polar surface area (TPSA) is 26.0 Å². The van der Waals surface area contributed by atoms with Gasteiger partial charge in [0.2, 0.25) is 0 Å². The summed E-state index contributed by atoms with van der Waals surface area (Å²) in [6, 6.07) is 13.2. The van der Waals surface area contributed by atoms with Gasteiger partial charge < -0.3 is 5.73 Å². The highest BCUT2D eigenvalue weighted by molar-refractivity contribution is 7.99. The molecule has 3 heteroatoms. The Morgan fingerprint density at radius 3 is 2.72 bits per heavy atom. The van der Waals surface area contributed by atoms with Crippen molar-refractivity contribution in [3.05, 3.63) is 59.4 Å². The standard InChI is InChI=1S/C15H16FNS/c1-11-3-2-4-14(9-11)18-15-6-5-13(16)10-12(15)7-8-17/h2-6,9-10H,7-8,17H2,1H3. The molecule has 0 heterocycles. The van der Waals surface area contributed by atoms with Crippen LogP contribution in [0.15, 0.2) is 52.3 Å². The van der Waals surface area contributed by atoms with Gasteiger partial charge in [-0.2, -0.15) is 0 Å². The molecular weight excluding hydrogens is 245 g/mol. The van der Waals surface area contributed by atoms with Gasteiger partial charge in [-0.15, -0.1) is 0 Å². The molecule has 94 valence electrons. The fraction of sp³-hybridized carbons (Fsp3) is 0.200. The molecule has 0 amide bonds. The minimum Gasteiger partial charge on any atom is -0.330 e. The Labute approximate surface area is 111 Å². The normalized spacial score (nSPS) is 10.6. The van der Waals surface area contributed by atoms with Crippen LogP contribution >= 0.6 is 11.8 Å². The number of hydrogen-bond acceptors (Lipinski definition) is 2. The zero-order valence-corrected chi connectivity index (χ0v) is 11.1. The summed E-state index contributed by atoms with van der Waals surface area (Å²) >= 11 is 1.65. The number of benzene rings is 2. The van der Waals surface area contributed by atoms with Crippen LogP contribution in [0.1, 0.15) is 11.1 Å². The van der Waals surface area contributed by atoms with Crippen LogP contribution in [-0.2, 0) is 6.42 Å². The minimum atomic E-state index is -0.202. The lowest BCUT2D eigenvalue weighted by molar-refractivity contribution is 0.623. The summed E-state index contributed by atoms with van der Waals surface area (Å²) in [4.78, 5) is 2.24. The summed E-state index contributed by atoms with van der Waals surface area (Å²) in [5.74, 6) is -0.202. The molecule has 0 spiro atoms. The Bertz CT molecular complexity index is 540. The number of hydrogen-bond donors (Lipinski definition) is 1. The average Bonchev–Trinajstić information content (AvgIpc) is 2.33. The van der Waals surface area contributed by atoms with Gasteiger partial charge in [0.1, 0.15) is 5.82 Å². The van der Waals surface area contributed by atoms with Gasteiger partial charge in [0, 0.05) is 9.79 Å². The molecule has 0 unspecified atom stereocenters. The van der Waals surface area contributed by atoms with Crippen LogP contribution in [0.4, 0.5) is 4.39 Å². The molecule has 0 atom stereocenters. The van der Waals surface area contributed by atoms with Gasteiger partial charge in [0.15, 0.2) is 0 Å². The molecule has 0 aromatic heterocycles. The van der Waals surface area contributed by atoms with E-state index in [1.54, 1.807) is 17.8 Å². The smallest absolute Gasteiger partial charge is 0.123 e. The van der Waals surface area contributed by atoms with Crippen LogP contribution in [0.25, 0.3) is 0 Å². The third-order valence-corrected chi connectivity index (χ3v) is 3.76. The Morgan fingerprint density at radius 1 is 1.17 bits per heavy atom. The largest absolute Gasteiger partial charge is 0.330 e. The predicted molar refractivity (Wildman–Crippen MR) is 74.5 cm³/mol. The highest BCUT2D eigenvalue weighted by atomic mass is 32.2. The van der Waals surface area contributed by atoms with Crippen molar-refractivity contribution in [1.82, 2.24) is 0 Å². The van der Waals surface area contributed by atoms with Crippen molar-refractivity contribution < 1.29 is 4.39 Å². The second-order valence-corrected chi connectivity index (χ2v) is 5.32. The van der Waals surface area contributed by atoms with E-state index in [2.05, 4.69) is 25.1 Å². The van der Waals surface area contributed by atoms with Gasteiger partial charge in [-0.1, -0.05) is 29.5 Å². The summed E-state index contributed by atoms with van der Waals surface area (Å²) in [6.45, 7) is 2.60. The molecule has 2 aromatic carbocycles. The Kier molecular flexibility index (Phi) is 4.39. The van der Waals surface area contributed by atoms with Crippen LogP contribution in [0.5, 0.6) is 0 Å². The third kappa shape index (κ3) is 3.34. The lowest BCUT2D eigenvalue weighted by atomic mass is 10.1. The van der Waals surface area contributed by atoms with Crippen molar-refractivity contribution in [2.24, 2.45) is 5.73 Å². The maximum absolute atomic E-state index is 13.2. The van der Waals surface area contributed by atoms with Crippen molar-refractivity contribution in [3.8, 4) is 0 Å². The van der Waals surface area contributed by atoms with Crippen molar-refractivity contribution in [2.75, 3.05) is 6.54 Å². The molecule has 18 heavy (non-hydrogen) atoms. The monoisotopic (exact) mass is 261 g/mol. The van der Waals surface area contributed by atoms with E-state index in [1.165, 1.54) is 16.5 Å².